The van der Waals surface area contributed by atoms with Crippen LogP contribution >= 0.6 is 27.5 Å². The quantitative estimate of drug-likeness (QED) is 0.865. The first kappa shape index (κ1) is 14.9. The molecule has 0 aromatic heterocycles. The van der Waals surface area contributed by atoms with Gasteiger partial charge in [0, 0.05) is 4.47 Å². The summed E-state index contributed by atoms with van der Waals surface area (Å²) in [5.74, 6) is -0.304. The maximum Gasteiger partial charge on any atom is 0.335 e. The van der Waals surface area contributed by atoms with Gasteiger partial charge in [-0.15, -0.1) is 0 Å². The standard InChI is InChI=1S/C15H12BrClO3/c1-9-6-12(16)7-13(17)14(9)20-8-10-2-4-11(5-3-10)15(18)19/h2-7H,8H2,1H3,(H,18,19). The first-order chi connectivity index (χ1) is 9.47. The maximum absolute atomic E-state index is 10.8. The van der Waals surface area contributed by atoms with Gasteiger partial charge >= 0.3 is 5.97 Å². The minimum atomic E-state index is -0.940. The van der Waals surface area contributed by atoms with Crippen molar-refractivity contribution >= 4 is 33.5 Å². The Bertz CT molecular complexity index is 615. The van der Waals surface area contributed by atoms with Crippen LogP contribution in [-0.2, 0) is 6.61 Å². The predicted molar refractivity (Wildman–Crippen MR) is 81.6 cm³/mol. The maximum atomic E-state index is 10.8. The zero-order chi connectivity index (χ0) is 14.7. The van der Waals surface area contributed by atoms with Crippen LogP contribution in [0.5, 0.6) is 5.75 Å². The highest BCUT2D eigenvalue weighted by Gasteiger charge is 2.08. The number of hydrogen-bond acceptors (Lipinski definition) is 2. The lowest BCUT2D eigenvalue weighted by molar-refractivity contribution is 0.0697. The summed E-state index contributed by atoms with van der Waals surface area (Å²) in [6.07, 6.45) is 0. The van der Waals surface area contributed by atoms with Crippen molar-refractivity contribution in [2.45, 2.75) is 13.5 Å². The molecule has 2 rings (SSSR count). The molecule has 0 atom stereocenters. The van der Waals surface area contributed by atoms with Gasteiger partial charge in [0.1, 0.15) is 12.4 Å². The second-order valence-corrected chi connectivity index (χ2v) is 5.65. The lowest BCUT2D eigenvalue weighted by Gasteiger charge is -2.11. The molecule has 0 fully saturated rings. The van der Waals surface area contributed by atoms with Crippen LogP contribution in [0, 0.1) is 6.92 Å². The summed E-state index contributed by atoms with van der Waals surface area (Å²) in [4.78, 5) is 10.8. The predicted octanol–water partition coefficient (Wildman–Crippen LogP) is 4.69. The number of aromatic carboxylic acids is 1. The summed E-state index contributed by atoms with van der Waals surface area (Å²) in [7, 11) is 0. The molecule has 104 valence electrons. The highest BCUT2D eigenvalue weighted by atomic mass is 79.9. The molecule has 3 nitrogen and oxygen atoms in total. The van der Waals surface area contributed by atoms with E-state index in [4.69, 9.17) is 21.4 Å². The van der Waals surface area contributed by atoms with Gasteiger partial charge in [-0.1, -0.05) is 39.7 Å². The molecule has 0 unspecified atom stereocenters. The molecule has 0 bridgehead atoms. The molecule has 1 N–H and O–H groups in total. The summed E-state index contributed by atoms with van der Waals surface area (Å²) in [6.45, 7) is 2.25. The Labute approximate surface area is 130 Å². The molecular formula is C15H12BrClO3. The molecule has 0 saturated heterocycles. The Morgan fingerprint density at radius 1 is 1.30 bits per heavy atom. The zero-order valence-electron chi connectivity index (χ0n) is 10.7. The summed E-state index contributed by atoms with van der Waals surface area (Å²) in [5.41, 5.74) is 2.08. The number of carboxylic acids is 1. The lowest BCUT2D eigenvalue weighted by Crippen LogP contribution is -2.00. The van der Waals surface area contributed by atoms with Gasteiger partial charge in [-0.2, -0.15) is 0 Å². The Morgan fingerprint density at radius 3 is 2.50 bits per heavy atom. The fraction of sp³-hybridized carbons (Fsp3) is 0.133. The van der Waals surface area contributed by atoms with Gasteiger partial charge in [0.25, 0.3) is 0 Å². The number of aryl methyl sites for hydroxylation is 1. The Hall–Kier alpha value is -1.52. The van der Waals surface area contributed by atoms with Crippen LogP contribution in [0.3, 0.4) is 0 Å². The van der Waals surface area contributed by atoms with Gasteiger partial charge in [0.15, 0.2) is 0 Å². The van der Waals surface area contributed by atoms with Gasteiger partial charge in [-0.05, 0) is 42.3 Å². The van der Waals surface area contributed by atoms with Crippen LogP contribution in [0.25, 0.3) is 0 Å². The molecule has 0 radical (unpaired) electrons. The van der Waals surface area contributed by atoms with Crippen molar-refractivity contribution in [3.63, 3.8) is 0 Å². The van der Waals surface area contributed by atoms with Crippen LogP contribution in [0.2, 0.25) is 5.02 Å². The van der Waals surface area contributed by atoms with Crippen molar-refractivity contribution in [2.75, 3.05) is 0 Å². The largest absolute Gasteiger partial charge is 0.487 e. The first-order valence-electron chi connectivity index (χ1n) is 5.88. The number of carbonyl (C=O) groups is 1. The molecule has 0 amide bonds. The minimum absolute atomic E-state index is 0.256. The highest BCUT2D eigenvalue weighted by Crippen LogP contribution is 2.32. The number of ether oxygens (including phenoxy) is 1. The second kappa shape index (κ2) is 6.29. The molecule has 0 aliphatic carbocycles. The van der Waals surface area contributed by atoms with E-state index >= 15 is 0 Å². The molecule has 0 heterocycles. The summed E-state index contributed by atoms with van der Waals surface area (Å²) in [5, 5.41) is 9.37. The molecule has 0 saturated carbocycles. The third-order valence-electron chi connectivity index (χ3n) is 2.78. The average Bonchev–Trinajstić information content (AvgIpc) is 2.38. The van der Waals surface area contributed by atoms with E-state index in [0.29, 0.717) is 17.4 Å². The van der Waals surface area contributed by atoms with Crippen LogP contribution in [0.1, 0.15) is 21.5 Å². The summed E-state index contributed by atoms with van der Waals surface area (Å²) < 4.78 is 6.61. The second-order valence-electron chi connectivity index (χ2n) is 4.32. The topological polar surface area (TPSA) is 46.5 Å². The van der Waals surface area contributed by atoms with E-state index < -0.39 is 5.97 Å². The molecule has 2 aromatic rings. The van der Waals surface area contributed by atoms with Crippen molar-refractivity contribution in [2.24, 2.45) is 0 Å². The van der Waals surface area contributed by atoms with Gasteiger partial charge < -0.3 is 9.84 Å². The van der Waals surface area contributed by atoms with Crippen LogP contribution in [-0.4, -0.2) is 11.1 Å². The molecular weight excluding hydrogens is 344 g/mol. The molecule has 0 aliphatic rings. The average molecular weight is 356 g/mol. The first-order valence-corrected chi connectivity index (χ1v) is 7.05. The van der Waals surface area contributed by atoms with Crippen molar-refractivity contribution in [1.29, 1.82) is 0 Å². The molecule has 0 aliphatic heterocycles. The SMILES string of the molecule is Cc1cc(Br)cc(Cl)c1OCc1ccc(C(=O)O)cc1. The lowest BCUT2D eigenvalue weighted by atomic mass is 10.1. The van der Waals surface area contributed by atoms with Crippen molar-refractivity contribution in [3.8, 4) is 5.75 Å². The summed E-state index contributed by atoms with van der Waals surface area (Å²) in [6, 6.07) is 10.3. The van der Waals surface area contributed by atoms with E-state index in [1.54, 1.807) is 30.3 Å². The Morgan fingerprint density at radius 2 is 1.95 bits per heavy atom. The van der Waals surface area contributed by atoms with E-state index in [1.807, 2.05) is 13.0 Å². The fourth-order valence-electron chi connectivity index (χ4n) is 1.77. The molecule has 2 aromatic carbocycles. The number of hydrogen-bond donors (Lipinski definition) is 1. The third-order valence-corrected chi connectivity index (χ3v) is 3.52. The number of benzene rings is 2. The third kappa shape index (κ3) is 3.52. The number of rotatable bonds is 4. The van der Waals surface area contributed by atoms with E-state index in [0.717, 1.165) is 15.6 Å². The van der Waals surface area contributed by atoms with Crippen LogP contribution in [0.15, 0.2) is 40.9 Å². The van der Waals surface area contributed by atoms with Gasteiger partial charge in [-0.3, -0.25) is 0 Å². The Balaban J connectivity index is 2.11. The van der Waals surface area contributed by atoms with E-state index in [1.165, 1.54) is 0 Å². The number of carboxylic acid groups (broad SMARTS) is 1. The highest BCUT2D eigenvalue weighted by molar-refractivity contribution is 9.10. The van der Waals surface area contributed by atoms with Gasteiger partial charge in [0.05, 0.1) is 10.6 Å². The van der Waals surface area contributed by atoms with Crippen LogP contribution in [0.4, 0.5) is 0 Å². The fourth-order valence-corrected chi connectivity index (χ4v) is 2.80. The molecule has 0 spiro atoms. The van der Waals surface area contributed by atoms with E-state index in [-0.39, 0.29) is 5.56 Å². The van der Waals surface area contributed by atoms with Gasteiger partial charge in [-0.25, -0.2) is 4.79 Å². The zero-order valence-corrected chi connectivity index (χ0v) is 13.0. The molecule has 20 heavy (non-hydrogen) atoms. The van der Waals surface area contributed by atoms with E-state index in [9.17, 15) is 4.79 Å². The van der Waals surface area contributed by atoms with Crippen molar-refractivity contribution in [3.05, 3.63) is 62.6 Å². The Kier molecular flexibility index (Phi) is 4.68. The number of halogens is 2. The smallest absolute Gasteiger partial charge is 0.335 e. The van der Waals surface area contributed by atoms with Crippen LogP contribution < -0.4 is 4.74 Å². The monoisotopic (exact) mass is 354 g/mol. The molecule has 5 heteroatoms. The van der Waals surface area contributed by atoms with Crippen molar-refractivity contribution < 1.29 is 14.6 Å². The minimum Gasteiger partial charge on any atom is -0.487 e. The van der Waals surface area contributed by atoms with E-state index in [2.05, 4.69) is 15.9 Å². The summed E-state index contributed by atoms with van der Waals surface area (Å²) >= 11 is 9.50. The van der Waals surface area contributed by atoms with Crippen molar-refractivity contribution in [1.82, 2.24) is 0 Å². The van der Waals surface area contributed by atoms with Gasteiger partial charge in [0.2, 0.25) is 0 Å². The normalized spacial score (nSPS) is 10.3.